The minimum absolute atomic E-state index is 0.0813. The molecule has 114 valence electrons. The molecule has 0 saturated carbocycles. The van der Waals surface area contributed by atoms with Crippen molar-refractivity contribution in [2.45, 2.75) is 32.3 Å². The predicted molar refractivity (Wildman–Crippen MR) is 75.4 cm³/mol. The lowest BCUT2D eigenvalue weighted by Crippen LogP contribution is -2.30. The third-order valence-corrected chi connectivity index (χ3v) is 3.49. The third kappa shape index (κ3) is 4.44. The van der Waals surface area contributed by atoms with Gasteiger partial charge in [-0.25, -0.2) is 4.98 Å². The Morgan fingerprint density at radius 3 is 2.52 bits per heavy atom. The highest BCUT2D eigenvalue weighted by atomic mass is 32.1. The minimum Gasteiger partial charge on any atom is -0.405 e. The number of nitrogens with zero attached hydrogens (tertiary/aromatic N) is 1. The fraction of sp³-hybridized carbons (Fsp3) is 0.357. The van der Waals surface area contributed by atoms with Gasteiger partial charge >= 0.3 is 6.36 Å². The van der Waals surface area contributed by atoms with E-state index in [2.05, 4.69) is 15.0 Å². The van der Waals surface area contributed by atoms with E-state index in [0.29, 0.717) is 10.6 Å². The summed E-state index contributed by atoms with van der Waals surface area (Å²) >= 11 is 1.38. The molecule has 1 unspecified atom stereocenters. The molecule has 21 heavy (non-hydrogen) atoms. The van der Waals surface area contributed by atoms with Crippen LogP contribution >= 0.6 is 11.3 Å². The van der Waals surface area contributed by atoms with E-state index >= 15 is 0 Å². The fourth-order valence-corrected chi connectivity index (χ4v) is 2.66. The molecule has 1 N–H and O–H groups in total. The van der Waals surface area contributed by atoms with E-state index in [-0.39, 0.29) is 11.8 Å². The number of nitrogens with one attached hydrogen (secondary N) is 1. The summed E-state index contributed by atoms with van der Waals surface area (Å²) in [6, 6.07) is 5.76. The summed E-state index contributed by atoms with van der Waals surface area (Å²) in [6.07, 6.45) is -3.09. The molecule has 3 nitrogen and oxygen atoms in total. The summed E-state index contributed by atoms with van der Waals surface area (Å²) in [5, 5.41) is 5.71. The first-order valence-electron chi connectivity index (χ1n) is 6.37. The van der Waals surface area contributed by atoms with Gasteiger partial charge in [0.15, 0.2) is 0 Å². The number of halogens is 3. The average Bonchev–Trinajstić information content (AvgIpc) is 2.88. The molecule has 1 aromatic carbocycles. The normalized spacial score (nSPS) is 13.4. The first-order chi connectivity index (χ1) is 9.87. The van der Waals surface area contributed by atoms with Gasteiger partial charge < -0.3 is 10.1 Å². The van der Waals surface area contributed by atoms with E-state index < -0.39 is 12.4 Å². The maximum atomic E-state index is 12.5. The minimum atomic E-state index is -4.72. The summed E-state index contributed by atoms with van der Waals surface area (Å²) in [5.74, 6) is -0.210. The zero-order valence-electron chi connectivity index (χ0n) is 11.5. The molecule has 0 spiro atoms. The monoisotopic (exact) mass is 316 g/mol. The SMILES string of the molecule is CC(C)NC(c1nccs1)c1ccccc1OC(F)(F)F. The van der Waals surface area contributed by atoms with Crippen LogP contribution in [-0.2, 0) is 0 Å². The number of hydrogen-bond acceptors (Lipinski definition) is 4. The van der Waals surface area contributed by atoms with Gasteiger partial charge in [-0.15, -0.1) is 24.5 Å². The molecule has 0 fully saturated rings. The highest BCUT2D eigenvalue weighted by Gasteiger charge is 2.33. The maximum Gasteiger partial charge on any atom is 0.573 e. The van der Waals surface area contributed by atoms with Crippen LogP contribution < -0.4 is 10.1 Å². The topological polar surface area (TPSA) is 34.2 Å². The number of benzene rings is 1. The summed E-state index contributed by atoms with van der Waals surface area (Å²) in [7, 11) is 0. The van der Waals surface area contributed by atoms with Crippen LogP contribution in [0.3, 0.4) is 0 Å². The van der Waals surface area contributed by atoms with Gasteiger partial charge in [-0.05, 0) is 19.9 Å². The Morgan fingerprint density at radius 2 is 1.95 bits per heavy atom. The molecule has 0 bridgehead atoms. The Kier molecular flexibility index (Phi) is 4.84. The van der Waals surface area contributed by atoms with Crippen LogP contribution in [0.2, 0.25) is 0 Å². The maximum absolute atomic E-state index is 12.5. The van der Waals surface area contributed by atoms with Crippen LogP contribution in [0.25, 0.3) is 0 Å². The highest BCUT2D eigenvalue weighted by Crippen LogP contribution is 2.34. The summed E-state index contributed by atoms with van der Waals surface area (Å²) in [6.45, 7) is 3.85. The second-order valence-electron chi connectivity index (χ2n) is 4.71. The molecule has 7 heteroatoms. The van der Waals surface area contributed by atoms with Crippen molar-refractivity contribution >= 4 is 11.3 Å². The molecule has 1 heterocycles. The lowest BCUT2D eigenvalue weighted by atomic mass is 10.1. The summed E-state index contributed by atoms with van der Waals surface area (Å²) < 4.78 is 41.7. The van der Waals surface area contributed by atoms with Gasteiger partial charge in [0.25, 0.3) is 0 Å². The smallest absolute Gasteiger partial charge is 0.405 e. The zero-order valence-corrected chi connectivity index (χ0v) is 12.3. The van der Waals surface area contributed by atoms with Crippen LogP contribution in [0.4, 0.5) is 13.2 Å². The van der Waals surface area contributed by atoms with Crippen molar-refractivity contribution < 1.29 is 17.9 Å². The number of alkyl halides is 3. The molecular weight excluding hydrogens is 301 g/mol. The van der Waals surface area contributed by atoms with Crippen molar-refractivity contribution in [3.63, 3.8) is 0 Å². The largest absolute Gasteiger partial charge is 0.573 e. The van der Waals surface area contributed by atoms with Crippen molar-refractivity contribution in [1.82, 2.24) is 10.3 Å². The highest BCUT2D eigenvalue weighted by molar-refractivity contribution is 7.09. The molecule has 0 radical (unpaired) electrons. The van der Waals surface area contributed by atoms with Crippen molar-refractivity contribution in [1.29, 1.82) is 0 Å². The van der Waals surface area contributed by atoms with Crippen molar-refractivity contribution in [3.8, 4) is 5.75 Å². The van der Waals surface area contributed by atoms with Gasteiger partial charge in [-0.3, -0.25) is 0 Å². The van der Waals surface area contributed by atoms with Gasteiger partial charge in [0, 0.05) is 23.2 Å². The Bertz CT molecular complexity index is 570. The van der Waals surface area contributed by atoms with Crippen LogP contribution in [0.15, 0.2) is 35.8 Å². The number of ether oxygens (including phenoxy) is 1. The number of para-hydroxylation sites is 1. The number of hydrogen-bond donors (Lipinski definition) is 1. The van der Waals surface area contributed by atoms with Crippen LogP contribution in [-0.4, -0.2) is 17.4 Å². The standard InChI is InChI=1S/C14H15F3N2OS/c1-9(2)19-12(13-18-7-8-21-13)10-5-3-4-6-11(10)20-14(15,16)17/h3-9,12,19H,1-2H3. The zero-order chi connectivity index (χ0) is 15.5. The van der Waals surface area contributed by atoms with Gasteiger partial charge in [0.1, 0.15) is 10.8 Å². The second kappa shape index (κ2) is 6.44. The quantitative estimate of drug-likeness (QED) is 0.900. The van der Waals surface area contributed by atoms with Gasteiger partial charge in [-0.2, -0.15) is 0 Å². The predicted octanol–water partition coefficient (Wildman–Crippen LogP) is 4.13. The molecule has 1 atom stereocenters. The molecule has 0 saturated heterocycles. The van der Waals surface area contributed by atoms with Gasteiger partial charge in [0.2, 0.25) is 0 Å². The van der Waals surface area contributed by atoms with E-state index in [1.165, 1.54) is 23.5 Å². The fourth-order valence-electron chi connectivity index (χ4n) is 1.94. The second-order valence-corrected chi connectivity index (χ2v) is 5.64. The van der Waals surface area contributed by atoms with E-state index in [1.54, 1.807) is 23.7 Å². The summed E-state index contributed by atoms with van der Waals surface area (Å²) in [5.41, 5.74) is 0.415. The molecule has 0 aliphatic heterocycles. The molecule has 0 amide bonds. The van der Waals surface area contributed by atoms with Crippen molar-refractivity contribution in [3.05, 3.63) is 46.4 Å². The Labute approximate surface area is 124 Å². The molecule has 1 aromatic heterocycles. The van der Waals surface area contributed by atoms with Crippen LogP contribution in [0.1, 0.15) is 30.5 Å². The number of thiazole rings is 1. The first-order valence-corrected chi connectivity index (χ1v) is 7.25. The van der Waals surface area contributed by atoms with E-state index in [0.717, 1.165) is 0 Å². The summed E-state index contributed by atoms with van der Waals surface area (Å²) in [4.78, 5) is 4.20. The first kappa shape index (κ1) is 15.8. The Morgan fingerprint density at radius 1 is 1.24 bits per heavy atom. The number of rotatable bonds is 5. The van der Waals surface area contributed by atoms with Crippen molar-refractivity contribution in [2.75, 3.05) is 0 Å². The third-order valence-electron chi connectivity index (χ3n) is 2.65. The molecule has 2 aromatic rings. The van der Waals surface area contributed by atoms with Crippen molar-refractivity contribution in [2.24, 2.45) is 0 Å². The van der Waals surface area contributed by atoms with Crippen LogP contribution in [0.5, 0.6) is 5.75 Å². The van der Waals surface area contributed by atoms with Gasteiger partial charge in [0.05, 0.1) is 6.04 Å². The number of aromatic nitrogens is 1. The lowest BCUT2D eigenvalue weighted by molar-refractivity contribution is -0.275. The molecular formula is C14H15F3N2OS. The van der Waals surface area contributed by atoms with E-state index in [4.69, 9.17) is 0 Å². The Balaban J connectivity index is 2.40. The average molecular weight is 316 g/mol. The van der Waals surface area contributed by atoms with Crippen LogP contribution in [0, 0.1) is 0 Å². The lowest BCUT2D eigenvalue weighted by Gasteiger charge is -2.22. The van der Waals surface area contributed by atoms with E-state index in [9.17, 15) is 13.2 Å². The van der Waals surface area contributed by atoms with E-state index in [1.807, 2.05) is 13.8 Å². The van der Waals surface area contributed by atoms with Gasteiger partial charge in [-0.1, -0.05) is 18.2 Å². The Hall–Kier alpha value is -1.60. The molecule has 2 rings (SSSR count). The molecule has 0 aliphatic rings. The molecule has 0 aliphatic carbocycles.